The predicted molar refractivity (Wildman–Crippen MR) is 92.7 cm³/mol. The van der Waals surface area contributed by atoms with Crippen LogP contribution in [0.25, 0.3) is 11.3 Å². The van der Waals surface area contributed by atoms with Crippen LogP contribution in [0.4, 0.5) is 0 Å². The third-order valence-corrected chi connectivity index (χ3v) is 5.20. The topological polar surface area (TPSA) is 67.8 Å². The minimum atomic E-state index is -0.156. The van der Waals surface area contributed by atoms with Crippen LogP contribution in [0.15, 0.2) is 35.7 Å². The summed E-state index contributed by atoms with van der Waals surface area (Å²) in [7, 11) is 0. The zero-order chi connectivity index (χ0) is 16.2. The second-order valence-electron chi connectivity index (χ2n) is 5.03. The molecule has 0 fully saturated rings. The number of hydrogen-bond donors (Lipinski definition) is 1. The number of carbonyl (C=O) groups is 1. The fourth-order valence-corrected chi connectivity index (χ4v) is 3.65. The molecule has 7 heteroatoms. The number of aromatic nitrogens is 3. The van der Waals surface area contributed by atoms with E-state index in [9.17, 15) is 4.79 Å². The van der Waals surface area contributed by atoms with Gasteiger partial charge in [-0.05, 0) is 24.9 Å². The van der Waals surface area contributed by atoms with E-state index in [1.54, 1.807) is 11.3 Å². The number of nitrogens with one attached hydrogen (secondary N) is 1. The normalized spacial score (nSPS) is 12.1. The van der Waals surface area contributed by atoms with Crippen molar-refractivity contribution in [3.8, 4) is 11.3 Å². The van der Waals surface area contributed by atoms with Crippen LogP contribution >= 0.6 is 22.9 Å². The summed E-state index contributed by atoms with van der Waals surface area (Å²) in [6.07, 6.45) is 0.697. The molecule has 3 rings (SSSR count). The van der Waals surface area contributed by atoms with Gasteiger partial charge in [-0.25, -0.2) is 4.98 Å². The van der Waals surface area contributed by atoms with Gasteiger partial charge in [0.05, 0.1) is 17.4 Å². The van der Waals surface area contributed by atoms with Crippen molar-refractivity contribution in [2.24, 2.45) is 0 Å². The average Bonchev–Trinajstić information content (AvgIpc) is 3.24. The van der Waals surface area contributed by atoms with Crippen LogP contribution in [0.3, 0.4) is 0 Å². The highest BCUT2D eigenvalue weighted by Crippen LogP contribution is 2.25. The second kappa shape index (κ2) is 6.97. The van der Waals surface area contributed by atoms with Crippen molar-refractivity contribution in [2.75, 3.05) is 0 Å². The van der Waals surface area contributed by atoms with E-state index in [2.05, 4.69) is 19.9 Å². The number of rotatable bonds is 5. The van der Waals surface area contributed by atoms with E-state index in [0.29, 0.717) is 11.3 Å². The van der Waals surface area contributed by atoms with Crippen LogP contribution < -0.4 is 5.32 Å². The molecule has 118 valence electrons. The molecule has 0 aliphatic carbocycles. The van der Waals surface area contributed by atoms with E-state index < -0.39 is 0 Å². The van der Waals surface area contributed by atoms with E-state index >= 15 is 0 Å². The third-order valence-electron chi connectivity index (χ3n) is 3.41. The molecular weight excluding hydrogens is 328 g/mol. The number of thiazole rings is 1. The molecule has 0 bridgehead atoms. The van der Waals surface area contributed by atoms with Crippen molar-refractivity contribution in [2.45, 2.75) is 26.3 Å². The molecule has 0 unspecified atom stereocenters. The Hall–Kier alpha value is -2.12. The van der Waals surface area contributed by atoms with Crippen molar-refractivity contribution in [1.29, 1.82) is 0 Å². The van der Waals surface area contributed by atoms with Gasteiger partial charge in [0.2, 0.25) is 0 Å². The van der Waals surface area contributed by atoms with Crippen LogP contribution in [0.2, 0.25) is 0 Å². The molecule has 1 amide bonds. The lowest BCUT2D eigenvalue weighted by Crippen LogP contribution is -2.26. The zero-order valence-electron chi connectivity index (χ0n) is 12.8. The number of carbonyl (C=O) groups excluding carboxylic acids is 1. The molecule has 0 spiro atoms. The lowest BCUT2D eigenvalue weighted by molar-refractivity contribution is 0.0943. The van der Waals surface area contributed by atoms with Crippen molar-refractivity contribution < 1.29 is 4.79 Å². The van der Waals surface area contributed by atoms with Crippen LogP contribution in [0.5, 0.6) is 0 Å². The first-order chi connectivity index (χ1) is 11.2. The van der Waals surface area contributed by atoms with Crippen molar-refractivity contribution in [3.05, 3.63) is 51.3 Å². The second-order valence-corrected chi connectivity index (χ2v) is 6.68. The average molecular weight is 344 g/mol. The number of aryl methyl sites for hydroxylation is 1. The SMILES string of the molecule is CCc1nnsc1C(=O)N[C@@H](C)c1nc(-c2ccccc2)cs1. The summed E-state index contributed by atoms with van der Waals surface area (Å²) in [6.45, 7) is 3.90. The molecular formula is C16H16N4OS2. The summed E-state index contributed by atoms with van der Waals surface area (Å²) >= 11 is 2.68. The Morgan fingerprint density at radius 2 is 2.09 bits per heavy atom. The standard InChI is InChI=1S/C16H16N4OS2/c1-3-12-14(23-20-19-12)15(21)17-10(2)16-18-13(9-22-16)11-7-5-4-6-8-11/h4-10H,3H2,1-2H3,(H,17,21)/t10-/m0/s1. The molecule has 5 nitrogen and oxygen atoms in total. The van der Waals surface area contributed by atoms with Gasteiger partial charge in [-0.15, -0.1) is 16.4 Å². The Morgan fingerprint density at radius 3 is 2.83 bits per heavy atom. The molecule has 1 aromatic carbocycles. The van der Waals surface area contributed by atoms with Crippen LogP contribution in [0, 0.1) is 0 Å². The maximum atomic E-state index is 12.3. The fraction of sp³-hybridized carbons (Fsp3) is 0.250. The molecule has 2 heterocycles. The van der Waals surface area contributed by atoms with Crippen molar-refractivity contribution in [1.82, 2.24) is 19.9 Å². The van der Waals surface area contributed by atoms with Gasteiger partial charge in [0.25, 0.3) is 5.91 Å². The van der Waals surface area contributed by atoms with Gasteiger partial charge in [-0.2, -0.15) is 0 Å². The molecule has 1 N–H and O–H groups in total. The molecule has 0 aliphatic rings. The number of hydrogen-bond acceptors (Lipinski definition) is 6. The highest BCUT2D eigenvalue weighted by atomic mass is 32.1. The molecule has 0 aliphatic heterocycles. The summed E-state index contributed by atoms with van der Waals surface area (Å²) in [5.41, 5.74) is 2.75. The lowest BCUT2D eigenvalue weighted by atomic mass is 10.2. The number of nitrogens with zero attached hydrogens (tertiary/aromatic N) is 3. The largest absolute Gasteiger partial charge is 0.342 e. The Labute approximate surface area is 142 Å². The Bertz CT molecular complexity index is 797. The summed E-state index contributed by atoms with van der Waals surface area (Å²) in [5.74, 6) is -0.138. The summed E-state index contributed by atoms with van der Waals surface area (Å²) < 4.78 is 3.86. The Kier molecular flexibility index (Phi) is 4.78. The van der Waals surface area contributed by atoms with Gasteiger partial charge < -0.3 is 5.32 Å². The smallest absolute Gasteiger partial charge is 0.265 e. The minimum absolute atomic E-state index is 0.138. The van der Waals surface area contributed by atoms with Crippen molar-refractivity contribution >= 4 is 28.8 Å². The van der Waals surface area contributed by atoms with Gasteiger partial charge in [-0.3, -0.25) is 4.79 Å². The summed E-state index contributed by atoms with van der Waals surface area (Å²) in [5, 5.41) is 9.85. The van der Waals surface area contributed by atoms with E-state index in [-0.39, 0.29) is 11.9 Å². The quantitative estimate of drug-likeness (QED) is 0.766. The zero-order valence-corrected chi connectivity index (χ0v) is 14.4. The number of benzene rings is 1. The molecule has 0 radical (unpaired) electrons. The van der Waals surface area contributed by atoms with E-state index in [0.717, 1.165) is 33.5 Å². The predicted octanol–water partition coefficient (Wildman–Crippen LogP) is 3.72. The van der Waals surface area contributed by atoms with E-state index in [4.69, 9.17) is 0 Å². The molecule has 23 heavy (non-hydrogen) atoms. The maximum absolute atomic E-state index is 12.3. The molecule has 2 aromatic heterocycles. The summed E-state index contributed by atoms with van der Waals surface area (Å²) in [4.78, 5) is 17.6. The first-order valence-electron chi connectivity index (χ1n) is 7.32. The maximum Gasteiger partial charge on any atom is 0.265 e. The monoisotopic (exact) mass is 344 g/mol. The number of amides is 1. The van der Waals surface area contributed by atoms with Gasteiger partial charge in [0.15, 0.2) is 0 Å². The Morgan fingerprint density at radius 1 is 1.30 bits per heavy atom. The van der Waals surface area contributed by atoms with Gasteiger partial charge in [0, 0.05) is 10.9 Å². The van der Waals surface area contributed by atoms with Crippen LogP contribution in [-0.2, 0) is 6.42 Å². The van der Waals surface area contributed by atoms with Gasteiger partial charge >= 0.3 is 0 Å². The fourth-order valence-electron chi connectivity index (χ4n) is 2.16. The van der Waals surface area contributed by atoms with Gasteiger partial charge in [0.1, 0.15) is 9.88 Å². The first kappa shape index (κ1) is 15.8. The summed E-state index contributed by atoms with van der Waals surface area (Å²) in [6, 6.07) is 9.85. The van der Waals surface area contributed by atoms with Crippen LogP contribution in [0.1, 0.15) is 40.3 Å². The van der Waals surface area contributed by atoms with E-state index in [1.165, 1.54) is 0 Å². The lowest BCUT2D eigenvalue weighted by Gasteiger charge is -2.10. The van der Waals surface area contributed by atoms with E-state index in [1.807, 2.05) is 49.6 Å². The molecule has 1 atom stereocenters. The first-order valence-corrected chi connectivity index (χ1v) is 8.97. The van der Waals surface area contributed by atoms with Crippen molar-refractivity contribution in [3.63, 3.8) is 0 Å². The minimum Gasteiger partial charge on any atom is -0.342 e. The highest BCUT2D eigenvalue weighted by molar-refractivity contribution is 7.10. The molecule has 0 saturated carbocycles. The third kappa shape index (κ3) is 3.46. The molecule has 0 saturated heterocycles. The van der Waals surface area contributed by atoms with Gasteiger partial charge in [-0.1, -0.05) is 41.7 Å². The Balaban J connectivity index is 1.73. The molecule has 3 aromatic rings. The highest BCUT2D eigenvalue weighted by Gasteiger charge is 2.19. The van der Waals surface area contributed by atoms with Crippen LogP contribution in [-0.4, -0.2) is 20.5 Å².